The van der Waals surface area contributed by atoms with Gasteiger partial charge in [-0.2, -0.15) is 0 Å². The fraction of sp³-hybridized carbons (Fsp3) is 0.292. The Balaban J connectivity index is 1.52. The second-order valence-electron chi connectivity index (χ2n) is 8.03. The van der Waals surface area contributed by atoms with Gasteiger partial charge in [0.25, 0.3) is 0 Å². The summed E-state index contributed by atoms with van der Waals surface area (Å²) in [4.78, 5) is 14.4. The first-order valence-corrected chi connectivity index (χ1v) is 11.5. The Morgan fingerprint density at radius 1 is 0.968 bits per heavy atom. The van der Waals surface area contributed by atoms with Crippen molar-refractivity contribution in [1.29, 1.82) is 0 Å². The Labute approximate surface area is 184 Å². The maximum Gasteiger partial charge on any atom is 0.336 e. The average Bonchev–Trinajstić information content (AvgIpc) is 3.42. The third kappa shape index (κ3) is 3.97. The van der Waals surface area contributed by atoms with Gasteiger partial charge in [-0.15, -0.1) is 10.2 Å². The summed E-state index contributed by atoms with van der Waals surface area (Å²) in [6.07, 6.45) is 2.35. The van der Waals surface area contributed by atoms with Gasteiger partial charge in [-0.3, -0.25) is 4.57 Å². The van der Waals surface area contributed by atoms with Crippen molar-refractivity contribution in [2.45, 2.75) is 37.6 Å². The van der Waals surface area contributed by atoms with Crippen molar-refractivity contribution in [1.82, 2.24) is 14.8 Å². The van der Waals surface area contributed by atoms with Gasteiger partial charge < -0.3 is 9.32 Å². The molecule has 0 amide bonds. The van der Waals surface area contributed by atoms with Crippen LogP contribution in [0.15, 0.2) is 62.9 Å². The van der Waals surface area contributed by atoms with E-state index in [0.717, 1.165) is 46.4 Å². The summed E-state index contributed by atoms with van der Waals surface area (Å²) in [6, 6.07) is 16.0. The SMILES string of the molecule is Cc1ccc(-n2c(SCc3cc(=O)oc4cc(C)ccc34)nnc2N2CCCC2)cc1. The van der Waals surface area contributed by atoms with E-state index in [1.807, 2.05) is 25.1 Å². The van der Waals surface area contributed by atoms with Gasteiger partial charge in [0.1, 0.15) is 5.58 Å². The Bertz CT molecular complexity index is 1290. The fourth-order valence-corrected chi connectivity index (χ4v) is 4.93. The van der Waals surface area contributed by atoms with E-state index in [1.165, 1.54) is 18.4 Å². The molecule has 3 heterocycles. The Kier molecular flexibility index (Phi) is 5.28. The lowest BCUT2D eigenvalue weighted by Gasteiger charge is -2.18. The molecule has 0 atom stereocenters. The van der Waals surface area contributed by atoms with E-state index in [1.54, 1.807) is 17.8 Å². The van der Waals surface area contributed by atoms with Crippen LogP contribution >= 0.6 is 11.8 Å². The maximum atomic E-state index is 12.1. The number of nitrogens with zero attached hydrogens (tertiary/aromatic N) is 4. The summed E-state index contributed by atoms with van der Waals surface area (Å²) in [5.74, 6) is 1.49. The lowest BCUT2D eigenvalue weighted by atomic mass is 10.1. The first kappa shape index (κ1) is 19.9. The zero-order valence-electron chi connectivity index (χ0n) is 17.7. The minimum Gasteiger partial charge on any atom is -0.423 e. The molecule has 0 N–H and O–H groups in total. The molecule has 5 rings (SSSR count). The molecule has 31 heavy (non-hydrogen) atoms. The van der Waals surface area contributed by atoms with Gasteiger partial charge in [0.15, 0.2) is 5.16 Å². The van der Waals surface area contributed by atoms with Crippen molar-refractivity contribution in [2.24, 2.45) is 0 Å². The molecular formula is C24H24N4O2S. The van der Waals surface area contributed by atoms with Crippen LogP contribution in [0.2, 0.25) is 0 Å². The van der Waals surface area contributed by atoms with Crippen LogP contribution in [0.5, 0.6) is 0 Å². The molecule has 0 radical (unpaired) electrons. The van der Waals surface area contributed by atoms with E-state index < -0.39 is 0 Å². The van der Waals surface area contributed by atoms with Crippen molar-refractivity contribution < 1.29 is 4.42 Å². The molecule has 158 valence electrons. The highest BCUT2D eigenvalue weighted by atomic mass is 32.2. The molecule has 0 unspecified atom stereocenters. The lowest BCUT2D eigenvalue weighted by Crippen LogP contribution is -2.22. The van der Waals surface area contributed by atoms with Gasteiger partial charge in [0.05, 0.1) is 5.69 Å². The Hall–Kier alpha value is -3.06. The van der Waals surface area contributed by atoms with Gasteiger partial charge in [-0.05, 0) is 56.0 Å². The quantitative estimate of drug-likeness (QED) is 0.331. The van der Waals surface area contributed by atoms with Gasteiger partial charge in [-0.1, -0.05) is 41.6 Å². The number of anilines is 1. The van der Waals surface area contributed by atoms with Crippen LogP contribution in [0.25, 0.3) is 16.7 Å². The minimum atomic E-state index is -0.327. The number of aromatic nitrogens is 3. The number of rotatable bonds is 5. The number of aryl methyl sites for hydroxylation is 2. The second kappa shape index (κ2) is 8.23. The molecule has 7 heteroatoms. The molecule has 4 aromatic rings. The largest absolute Gasteiger partial charge is 0.423 e. The first-order chi connectivity index (χ1) is 15.1. The van der Waals surface area contributed by atoms with Crippen LogP contribution in [-0.4, -0.2) is 27.9 Å². The van der Waals surface area contributed by atoms with Crippen LogP contribution < -0.4 is 10.5 Å². The third-order valence-corrected chi connectivity index (χ3v) is 6.62. The normalized spacial score (nSPS) is 13.9. The topological polar surface area (TPSA) is 64.2 Å². The zero-order valence-corrected chi connectivity index (χ0v) is 18.5. The highest BCUT2D eigenvalue weighted by Gasteiger charge is 2.22. The second-order valence-corrected chi connectivity index (χ2v) is 8.97. The maximum absolute atomic E-state index is 12.1. The third-order valence-electron chi connectivity index (χ3n) is 5.64. The number of hydrogen-bond donors (Lipinski definition) is 0. The molecule has 0 aliphatic carbocycles. The van der Waals surface area contributed by atoms with Crippen LogP contribution in [0.3, 0.4) is 0 Å². The van der Waals surface area contributed by atoms with Crippen LogP contribution in [0.4, 0.5) is 5.95 Å². The van der Waals surface area contributed by atoms with Crippen molar-refractivity contribution >= 4 is 28.7 Å². The number of fused-ring (bicyclic) bond motifs is 1. The Morgan fingerprint density at radius 3 is 2.48 bits per heavy atom. The summed E-state index contributed by atoms with van der Waals surface area (Å²) in [6.45, 7) is 6.07. The Morgan fingerprint density at radius 2 is 1.71 bits per heavy atom. The molecule has 1 fully saturated rings. The number of hydrogen-bond acceptors (Lipinski definition) is 6. The summed E-state index contributed by atoms with van der Waals surface area (Å²) in [5, 5.41) is 10.8. The van der Waals surface area contributed by atoms with E-state index in [9.17, 15) is 4.79 Å². The number of benzene rings is 2. The van der Waals surface area contributed by atoms with Crippen molar-refractivity contribution in [2.75, 3.05) is 18.0 Å². The first-order valence-electron chi connectivity index (χ1n) is 10.5. The van der Waals surface area contributed by atoms with Crippen molar-refractivity contribution in [3.63, 3.8) is 0 Å². The van der Waals surface area contributed by atoms with Crippen molar-refractivity contribution in [3.05, 3.63) is 75.6 Å². The molecule has 0 saturated carbocycles. The van der Waals surface area contributed by atoms with E-state index >= 15 is 0 Å². The standard InChI is InChI=1S/C24H24N4O2S/c1-16-5-8-19(9-6-16)28-23(27-11-3-4-12-27)25-26-24(28)31-15-18-14-22(29)30-21-13-17(2)7-10-20(18)21/h5-10,13-14H,3-4,11-12,15H2,1-2H3. The molecule has 6 nitrogen and oxygen atoms in total. The van der Waals surface area contributed by atoms with E-state index in [0.29, 0.717) is 11.3 Å². The predicted octanol–water partition coefficient (Wildman–Crippen LogP) is 4.88. The molecule has 1 aliphatic heterocycles. The van der Waals surface area contributed by atoms with Gasteiger partial charge in [0.2, 0.25) is 5.95 Å². The van der Waals surface area contributed by atoms with Crippen LogP contribution in [0.1, 0.15) is 29.5 Å². The molecule has 1 aliphatic rings. The van der Waals surface area contributed by atoms with E-state index in [-0.39, 0.29) is 5.63 Å². The highest BCUT2D eigenvalue weighted by Crippen LogP contribution is 2.31. The van der Waals surface area contributed by atoms with E-state index in [4.69, 9.17) is 4.42 Å². The molecule has 0 spiro atoms. The average molecular weight is 433 g/mol. The molecular weight excluding hydrogens is 408 g/mol. The molecule has 2 aromatic carbocycles. The minimum absolute atomic E-state index is 0.327. The van der Waals surface area contributed by atoms with Gasteiger partial charge >= 0.3 is 5.63 Å². The molecule has 1 saturated heterocycles. The fourth-order valence-electron chi connectivity index (χ4n) is 4.00. The lowest BCUT2D eigenvalue weighted by molar-refractivity contribution is 0.559. The zero-order chi connectivity index (χ0) is 21.4. The number of thioether (sulfide) groups is 1. The van der Waals surface area contributed by atoms with Crippen LogP contribution in [0, 0.1) is 13.8 Å². The highest BCUT2D eigenvalue weighted by molar-refractivity contribution is 7.98. The summed E-state index contributed by atoms with van der Waals surface area (Å²) in [5.41, 5.74) is 4.57. The van der Waals surface area contributed by atoms with Gasteiger partial charge in [-0.25, -0.2) is 4.79 Å². The van der Waals surface area contributed by atoms with Crippen LogP contribution in [-0.2, 0) is 5.75 Å². The monoisotopic (exact) mass is 432 g/mol. The predicted molar refractivity (Wildman–Crippen MR) is 124 cm³/mol. The van der Waals surface area contributed by atoms with E-state index in [2.05, 4.69) is 50.9 Å². The summed E-state index contributed by atoms with van der Waals surface area (Å²) in [7, 11) is 0. The van der Waals surface area contributed by atoms with Crippen molar-refractivity contribution in [3.8, 4) is 5.69 Å². The smallest absolute Gasteiger partial charge is 0.336 e. The van der Waals surface area contributed by atoms with Gasteiger partial charge in [0, 0.05) is 30.3 Å². The summed E-state index contributed by atoms with van der Waals surface area (Å²) >= 11 is 1.59. The molecule has 2 aromatic heterocycles. The summed E-state index contributed by atoms with van der Waals surface area (Å²) < 4.78 is 7.54. The molecule has 0 bridgehead atoms.